The molecular formula is C9H13NO2S. The van der Waals surface area contributed by atoms with Gasteiger partial charge in [-0.2, -0.15) is 0 Å². The molecule has 2 heterocycles. The molecule has 1 aliphatic heterocycles. The van der Waals surface area contributed by atoms with Gasteiger partial charge in [0, 0.05) is 31.4 Å². The zero-order chi connectivity index (χ0) is 9.31. The Balaban J connectivity index is 2.22. The van der Waals surface area contributed by atoms with Crippen molar-refractivity contribution in [3.8, 4) is 0 Å². The van der Waals surface area contributed by atoms with Crippen LogP contribution in [0.5, 0.6) is 0 Å². The van der Waals surface area contributed by atoms with Gasteiger partial charge < -0.3 is 9.84 Å². The molecule has 0 amide bonds. The Morgan fingerprint density at radius 3 is 2.77 bits per heavy atom. The molecule has 3 nitrogen and oxygen atoms in total. The highest BCUT2D eigenvalue weighted by Gasteiger charge is 2.33. The first kappa shape index (κ1) is 9.12. The predicted molar refractivity (Wildman–Crippen MR) is 50.8 cm³/mol. The van der Waals surface area contributed by atoms with Crippen LogP contribution in [-0.2, 0) is 10.3 Å². The Kier molecular flexibility index (Phi) is 2.36. The maximum atomic E-state index is 10.2. The summed E-state index contributed by atoms with van der Waals surface area (Å²) in [6.45, 7) is 3.22. The van der Waals surface area contributed by atoms with Crippen molar-refractivity contribution < 1.29 is 9.84 Å². The first-order chi connectivity index (χ1) is 6.21. The summed E-state index contributed by atoms with van der Waals surface area (Å²) < 4.78 is 5.21. The van der Waals surface area contributed by atoms with E-state index in [2.05, 4.69) is 4.98 Å². The van der Waals surface area contributed by atoms with E-state index in [-0.39, 0.29) is 0 Å². The molecule has 0 bridgehead atoms. The van der Waals surface area contributed by atoms with E-state index in [1.807, 2.05) is 12.3 Å². The van der Waals surface area contributed by atoms with Crippen molar-refractivity contribution in [2.45, 2.75) is 25.4 Å². The van der Waals surface area contributed by atoms with Crippen molar-refractivity contribution in [1.82, 2.24) is 4.98 Å². The molecule has 1 saturated heterocycles. The van der Waals surface area contributed by atoms with Crippen LogP contribution in [-0.4, -0.2) is 23.3 Å². The Bertz CT molecular complexity index is 292. The summed E-state index contributed by atoms with van der Waals surface area (Å²) in [6.07, 6.45) is 1.33. The molecule has 1 fully saturated rings. The zero-order valence-corrected chi connectivity index (χ0v) is 8.43. The van der Waals surface area contributed by atoms with Crippen LogP contribution in [0.2, 0.25) is 0 Å². The third kappa shape index (κ3) is 1.75. The largest absolute Gasteiger partial charge is 0.383 e. The molecule has 0 atom stereocenters. The molecule has 1 aromatic heterocycles. The maximum absolute atomic E-state index is 10.2. The van der Waals surface area contributed by atoms with Crippen molar-refractivity contribution >= 4 is 11.3 Å². The van der Waals surface area contributed by atoms with E-state index < -0.39 is 5.60 Å². The van der Waals surface area contributed by atoms with E-state index in [1.54, 1.807) is 11.3 Å². The summed E-state index contributed by atoms with van der Waals surface area (Å²) in [5, 5.41) is 13.2. The molecule has 2 rings (SSSR count). The van der Waals surface area contributed by atoms with Crippen molar-refractivity contribution in [2.24, 2.45) is 0 Å². The van der Waals surface area contributed by atoms with E-state index in [4.69, 9.17) is 4.74 Å². The van der Waals surface area contributed by atoms with Crippen LogP contribution in [0.3, 0.4) is 0 Å². The molecule has 0 unspecified atom stereocenters. The highest BCUT2D eigenvalue weighted by Crippen LogP contribution is 2.32. The number of aromatic nitrogens is 1. The second-order valence-corrected chi connectivity index (χ2v) is 4.46. The molecule has 72 valence electrons. The lowest BCUT2D eigenvalue weighted by molar-refractivity contribution is -0.0702. The van der Waals surface area contributed by atoms with Crippen molar-refractivity contribution in [3.05, 3.63) is 16.1 Å². The quantitative estimate of drug-likeness (QED) is 0.744. The summed E-state index contributed by atoms with van der Waals surface area (Å²) in [6, 6.07) is 0. The molecule has 1 aliphatic rings. The normalized spacial score (nSPS) is 21.7. The first-order valence-electron chi connectivity index (χ1n) is 4.43. The summed E-state index contributed by atoms with van der Waals surface area (Å²) in [4.78, 5) is 4.32. The molecule has 0 radical (unpaired) electrons. The van der Waals surface area contributed by atoms with Gasteiger partial charge in [-0.05, 0) is 6.92 Å². The second-order valence-electron chi connectivity index (χ2n) is 3.40. The van der Waals surface area contributed by atoms with Gasteiger partial charge in [-0.25, -0.2) is 4.98 Å². The number of hydrogen-bond donors (Lipinski definition) is 1. The van der Waals surface area contributed by atoms with Crippen molar-refractivity contribution in [2.75, 3.05) is 13.2 Å². The number of hydrogen-bond acceptors (Lipinski definition) is 4. The highest BCUT2D eigenvalue weighted by molar-refractivity contribution is 7.09. The lowest BCUT2D eigenvalue weighted by Crippen LogP contribution is -2.33. The molecule has 0 aliphatic carbocycles. The smallest absolute Gasteiger partial charge is 0.112 e. The summed E-state index contributed by atoms with van der Waals surface area (Å²) in [5.74, 6) is 0. The van der Waals surface area contributed by atoms with E-state index in [0.29, 0.717) is 26.1 Å². The molecule has 4 heteroatoms. The van der Waals surface area contributed by atoms with Crippen LogP contribution in [0.1, 0.15) is 23.5 Å². The van der Waals surface area contributed by atoms with Gasteiger partial charge in [0.15, 0.2) is 0 Å². The average molecular weight is 199 g/mol. The van der Waals surface area contributed by atoms with Crippen LogP contribution < -0.4 is 0 Å². The maximum Gasteiger partial charge on any atom is 0.112 e. The lowest BCUT2D eigenvalue weighted by atomic mass is 9.92. The summed E-state index contributed by atoms with van der Waals surface area (Å²) in [5.41, 5.74) is 0.0847. The van der Waals surface area contributed by atoms with Gasteiger partial charge in [0.2, 0.25) is 0 Å². The molecule has 1 N–H and O–H groups in total. The van der Waals surface area contributed by atoms with Gasteiger partial charge >= 0.3 is 0 Å². The highest BCUT2D eigenvalue weighted by atomic mass is 32.1. The van der Waals surface area contributed by atoms with Gasteiger partial charge in [0.1, 0.15) is 5.60 Å². The van der Waals surface area contributed by atoms with Crippen molar-refractivity contribution in [3.63, 3.8) is 0 Å². The standard InChI is InChI=1S/C9H13NO2S/c1-7-10-8(6-13-7)9(11)2-4-12-5-3-9/h6,11H,2-5H2,1H3. The summed E-state index contributed by atoms with van der Waals surface area (Å²) in [7, 11) is 0. The minimum absolute atomic E-state index is 0.632. The zero-order valence-electron chi connectivity index (χ0n) is 7.62. The molecule has 0 spiro atoms. The van der Waals surface area contributed by atoms with Gasteiger partial charge in [0.25, 0.3) is 0 Å². The minimum atomic E-state index is -0.733. The van der Waals surface area contributed by atoms with E-state index in [1.165, 1.54) is 0 Å². The molecule has 13 heavy (non-hydrogen) atoms. The number of nitrogens with zero attached hydrogens (tertiary/aromatic N) is 1. The fraction of sp³-hybridized carbons (Fsp3) is 0.667. The van der Waals surface area contributed by atoms with E-state index in [9.17, 15) is 5.11 Å². The Labute approximate surface area is 81.4 Å². The third-order valence-electron chi connectivity index (χ3n) is 2.42. The summed E-state index contributed by atoms with van der Waals surface area (Å²) >= 11 is 1.58. The van der Waals surface area contributed by atoms with Crippen LogP contribution in [0, 0.1) is 6.92 Å². The Morgan fingerprint density at radius 2 is 2.23 bits per heavy atom. The number of ether oxygens (including phenoxy) is 1. The Hall–Kier alpha value is -0.450. The van der Waals surface area contributed by atoms with Gasteiger partial charge in [-0.15, -0.1) is 11.3 Å². The predicted octanol–water partition coefficient (Wildman–Crippen LogP) is 1.45. The average Bonchev–Trinajstić information content (AvgIpc) is 2.54. The van der Waals surface area contributed by atoms with Crippen LogP contribution in [0.25, 0.3) is 0 Å². The van der Waals surface area contributed by atoms with Gasteiger partial charge in [-0.3, -0.25) is 0 Å². The van der Waals surface area contributed by atoms with E-state index in [0.717, 1.165) is 10.7 Å². The lowest BCUT2D eigenvalue weighted by Gasteiger charge is -2.30. The molecule has 0 saturated carbocycles. The minimum Gasteiger partial charge on any atom is -0.383 e. The number of rotatable bonds is 1. The van der Waals surface area contributed by atoms with Gasteiger partial charge in [-0.1, -0.05) is 0 Å². The number of aliphatic hydroxyl groups is 1. The first-order valence-corrected chi connectivity index (χ1v) is 5.31. The molecular weight excluding hydrogens is 186 g/mol. The van der Waals surface area contributed by atoms with Crippen LogP contribution >= 0.6 is 11.3 Å². The molecule has 0 aromatic carbocycles. The fourth-order valence-electron chi connectivity index (χ4n) is 1.54. The van der Waals surface area contributed by atoms with E-state index >= 15 is 0 Å². The number of aryl methyl sites for hydroxylation is 1. The van der Waals surface area contributed by atoms with Gasteiger partial charge in [0.05, 0.1) is 10.7 Å². The monoisotopic (exact) mass is 199 g/mol. The second kappa shape index (κ2) is 3.36. The van der Waals surface area contributed by atoms with Crippen LogP contribution in [0.15, 0.2) is 5.38 Å². The topological polar surface area (TPSA) is 42.4 Å². The third-order valence-corrected chi connectivity index (χ3v) is 3.19. The van der Waals surface area contributed by atoms with Crippen molar-refractivity contribution in [1.29, 1.82) is 0 Å². The Morgan fingerprint density at radius 1 is 1.54 bits per heavy atom. The SMILES string of the molecule is Cc1nc(C2(O)CCOCC2)cs1. The molecule has 1 aromatic rings. The fourth-order valence-corrected chi connectivity index (χ4v) is 2.25. The number of thiazole rings is 1. The van der Waals surface area contributed by atoms with Crippen LogP contribution in [0.4, 0.5) is 0 Å².